The summed E-state index contributed by atoms with van der Waals surface area (Å²) < 4.78 is 5.39. The molecular formula is C12H23NO2. The molecule has 3 heteroatoms. The van der Waals surface area contributed by atoms with Crippen LogP contribution in [-0.4, -0.2) is 36.5 Å². The van der Waals surface area contributed by atoms with Crippen molar-refractivity contribution in [1.29, 1.82) is 0 Å². The van der Waals surface area contributed by atoms with Crippen molar-refractivity contribution in [2.75, 3.05) is 13.2 Å². The van der Waals surface area contributed by atoms with Crippen molar-refractivity contribution in [3.05, 3.63) is 0 Å². The molecule has 1 aliphatic heterocycles. The van der Waals surface area contributed by atoms with Gasteiger partial charge in [0.15, 0.2) is 0 Å². The Morgan fingerprint density at radius 3 is 2.73 bits per heavy atom. The quantitative estimate of drug-likeness (QED) is 0.742. The Kier molecular flexibility index (Phi) is 4.00. The maximum atomic E-state index is 9.87. The van der Waals surface area contributed by atoms with Crippen molar-refractivity contribution in [1.82, 2.24) is 5.32 Å². The predicted octanol–water partition coefficient (Wildman–Crippen LogP) is 1.30. The standard InChI is InChI=1S/C12H23NO2/c1-9(10-6-7-15-8-10)13-11-4-2-3-5-12(11)14/h9-14H,2-8H2,1H3/t9?,10?,11-,12-/m0/s1. The van der Waals surface area contributed by atoms with Gasteiger partial charge < -0.3 is 15.2 Å². The third-order valence-electron chi connectivity index (χ3n) is 3.88. The van der Waals surface area contributed by atoms with Gasteiger partial charge >= 0.3 is 0 Å². The van der Waals surface area contributed by atoms with E-state index in [0.717, 1.165) is 32.5 Å². The monoisotopic (exact) mass is 213 g/mol. The van der Waals surface area contributed by atoms with Gasteiger partial charge in [-0.25, -0.2) is 0 Å². The van der Waals surface area contributed by atoms with Gasteiger partial charge in [0, 0.05) is 18.7 Å². The van der Waals surface area contributed by atoms with E-state index >= 15 is 0 Å². The molecule has 88 valence electrons. The molecule has 0 spiro atoms. The molecule has 0 aromatic heterocycles. The lowest BCUT2D eigenvalue weighted by Gasteiger charge is -2.32. The molecule has 1 saturated heterocycles. The van der Waals surface area contributed by atoms with Crippen LogP contribution < -0.4 is 5.32 Å². The topological polar surface area (TPSA) is 41.5 Å². The third-order valence-corrected chi connectivity index (χ3v) is 3.88. The lowest BCUT2D eigenvalue weighted by molar-refractivity contribution is 0.0797. The molecule has 2 N–H and O–H groups in total. The zero-order valence-electron chi connectivity index (χ0n) is 9.61. The summed E-state index contributed by atoms with van der Waals surface area (Å²) >= 11 is 0. The van der Waals surface area contributed by atoms with Crippen molar-refractivity contribution in [2.24, 2.45) is 5.92 Å². The van der Waals surface area contributed by atoms with Crippen LogP contribution in [0.1, 0.15) is 39.0 Å². The molecule has 1 saturated carbocycles. The van der Waals surface area contributed by atoms with Crippen molar-refractivity contribution in [3.8, 4) is 0 Å². The molecule has 0 aromatic carbocycles. The van der Waals surface area contributed by atoms with Crippen LogP contribution in [0.5, 0.6) is 0 Å². The fourth-order valence-electron chi connectivity index (χ4n) is 2.73. The molecule has 0 bridgehead atoms. The number of aliphatic hydroxyl groups is 1. The van der Waals surface area contributed by atoms with E-state index in [1.54, 1.807) is 0 Å². The van der Waals surface area contributed by atoms with Gasteiger partial charge in [-0.1, -0.05) is 12.8 Å². The molecule has 1 heterocycles. The van der Waals surface area contributed by atoms with E-state index in [2.05, 4.69) is 12.2 Å². The van der Waals surface area contributed by atoms with Gasteiger partial charge in [-0.3, -0.25) is 0 Å². The fourth-order valence-corrected chi connectivity index (χ4v) is 2.73. The molecule has 2 fully saturated rings. The Bertz CT molecular complexity index is 192. The Labute approximate surface area is 92.2 Å². The first-order chi connectivity index (χ1) is 7.27. The Hall–Kier alpha value is -0.120. The van der Waals surface area contributed by atoms with Gasteiger partial charge in [0.05, 0.1) is 12.7 Å². The average Bonchev–Trinajstić information content (AvgIpc) is 2.74. The summed E-state index contributed by atoms with van der Waals surface area (Å²) in [5, 5.41) is 13.4. The maximum absolute atomic E-state index is 9.87. The minimum Gasteiger partial charge on any atom is -0.392 e. The van der Waals surface area contributed by atoms with Crippen LogP contribution in [0.25, 0.3) is 0 Å². The normalized spacial score (nSPS) is 39.2. The molecule has 3 nitrogen and oxygen atoms in total. The first-order valence-electron chi connectivity index (χ1n) is 6.29. The zero-order chi connectivity index (χ0) is 10.7. The Morgan fingerprint density at radius 1 is 1.27 bits per heavy atom. The van der Waals surface area contributed by atoms with Gasteiger partial charge in [-0.15, -0.1) is 0 Å². The number of aliphatic hydroxyl groups excluding tert-OH is 1. The molecular weight excluding hydrogens is 190 g/mol. The minimum atomic E-state index is -0.136. The highest BCUT2D eigenvalue weighted by Gasteiger charge is 2.28. The predicted molar refractivity (Wildman–Crippen MR) is 59.8 cm³/mol. The van der Waals surface area contributed by atoms with Crippen LogP contribution in [0.15, 0.2) is 0 Å². The van der Waals surface area contributed by atoms with E-state index in [9.17, 15) is 5.11 Å². The van der Waals surface area contributed by atoms with Crippen LogP contribution >= 0.6 is 0 Å². The van der Waals surface area contributed by atoms with E-state index < -0.39 is 0 Å². The third kappa shape index (κ3) is 2.92. The Balaban J connectivity index is 1.78. The van der Waals surface area contributed by atoms with Crippen LogP contribution in [0.3, 0.4) is 0 Å². The fraction of sp³-hybridized carbons (Fsp3) is 1.00. The van der Waals surface area contributed by atoms with E-state index in [0.29, 0.717) is 18.0 Å². The average molecular weight is 213 g/mol. The summed E-state index contributed by atoms with van der Waals surface area (Å²) in [5.74, 6) is 0.638. The van der Waals surface area contributed by atoms with Crippen molar-refractivity contribution in [3.63, 3.8) is 0 Å². The molecule has 4 atom stereocenters. The van der Waals surface area contributed by atoms with Gasteiger partial charge in [-0.05, 0) is 32.1 Å². The summed E-state index contributed by atoms with van der Waals surface area (Å²) in [6.07, 6.45) is 5.55. The summed E-state index contributed by atoms with van der Waals surface area (Å²) in [6.45, 7) is 4.02. The van der Waals surface area contributed by atoms with Gasteiger partial charge in [0.25, 0.3) is 0 Å². The van der Waals surface area contributed by atoms with E-state index in [1.807, 2.05) is 0 Å². The van der Waals surface area contributed by atoms with Gasteiger partial charge in [-0.2, -0.15) is 0 Å². The number of ether oxygens (including phenoxy) is 1. The lowest BCUT2D eigenvalue weighted by Crippen LogP contribution is -2.48. The van der Waals surface area contributed by atoms with Crippen molar-refractivity contribution >= 4 is 0 Å². The molecule has 0 radical (unpaired) electrons. The van der Waals surface area contributed by atoms with Crippen LogP contribution in [0, 0.1) is 5.92 Å². The lowest BCUT2D eigenvalue weighted by atomic mass is 9.90. The molecule has 0 amide bonds. The van der Waals surface area contributed by atoms with Gasteiger partial charge in [0.2, 0.25) is 0 Å². The second-order valence-electron chi connectivity index (χ2n) is 5.04. The first-order valence-corrected chi connectivity index (χ1v) is 6.29. The molecule has 15 heavy (non-hydrogen) atoms. The van der Waals surface area contributed by atoms with Crippen LogP contribution in [-0.2, 0) is 4.74 Å². The first kappa shape index (κ1) is 11.4. The largest absolute Gasteiger partial charge is 0.392 e. The van der Waals surface area contributed by atoms with E-state index in [-0.39, 0.29) is 6.10 Å². The minimum absolute atomic E-state index is 0.136. The van der Waals surface area contributed by atoms with Crippen molar-refractivity contribution in [2.45, 2.75) is 57.2 Å². The smallest absolute Gasteiger partial charge is 0.0693 e. The SMILES string of the molecule is CC(N[C@H]1CCCC[C@@H]1O)C1CCOC1. The highest BCUT2D eigenvalue weighted by molar-refractivity contribution is 4.85. The molecule has 0 aromatic rings. The zero-order valence-corrected chi connectivity index (χ0v) is 9.61. The number of nitrogens with one attached hydrogen (secondary N) is 1. The second-order valence-corrected chi connectivity index (χ2v) is 5.04. The summed E-state index contributed by atoms with van der Waals surface area (Å²) in [7, 11) is 0. The van der Waals surface area contributed by atoms with Gasteiger partial charge in [0.1, 0.15) is 0 Å². The number of rotatable bonds is 3. The maximum Gasteiger partial charge on any atom is 0.0693 e. The molecule has 2 aliphatic rings. The van der Waals surface area contributed by atoms with Crippen LogP contribution in [0.2, 0.25) is 0 Å². The highest BCUT2D eigenvalue weighted by atomic mass is 16.5. The molecule has 2 unspecified atom stereocenters. The van der Waals surface area contributed by atoms with Crippen LogP contribution in [0.4, 0.5) is 0 Å². The van der Waals surface area contributed by atoms with Crippen molar-refractivity contribution < 1.29 is 9.84 Å². The van der Waals surface area contributed by atoms with E-state index in [1.165, 1.54) is 12.8 Å². The summed E-state index contributed by atoms with van der Waals surface area (Å²) in [6, 6.07) is 0.791. The van der Waals surface area contributed by atoms with E-state index in [4.69, 9.17) is 4.74 Å². The number of hydrogen-bond donors (Lipinski definition) is 2. The molecule has 2 rings (SSSR count). The highest BCUT2D eigenvalue weighted by Crippen LogP contribution is 2.22. The Morgan fingerprint density at radius 2 is 2.07 bits per heavy atom. The summed E-state index contributed by atoms with van der Waals surface area (Å²) in [4.78, 5) is 0. The molecule has 1 aliphatic carbocycles. The number of hydrogen-bond acceptors (Lipinski definition) is 3. The second kappa shape index (κ2) is 5.28. The summed E-state index contributed by atoms with van der Waals surface area (Å²) in [5.41, 5.74) is 0.